The number of ether oxygens (including phenoxy) is 1. The number of anilines is 1. The van der Waals surface area contributed by atoms with Gasteiger partial charge in [0, 0.05) is 13.1 Å². The van der Waals surface area contributed by atoms with E-state index in [1.165, 1.54) is 38.3 Å². The first-order valence-electron chi connectivity index (χ1n) is 12.4. The third-order valence-electron chi connectivity index (χ3n) is 6.16. The van der Waals surface area contributed by atoms with Crippen molar-refractivity contribution in [3.8, 4) is 5.75 Å². The molecule has 1 atom stereocenters. The van der Waals surface area contributed by atoms with Crippen molar-refractivity contribution in [2.75, 3.05) is 24.5 Å². The van der Waals surface area contributed by atoms with Crippen LogP contribution < -0.4 is 14.4 Å². The largest absolute Gasteiger partial charge is 0.497 e. The number of nitrogens with one attached hydrogen (secondary N) is 1. The van der Waals surface area contributed by atoms with E-state index in [4.69, 9.17) is 16.3 Å². The zero-order chi connectivity index (χ0) is 30.4. The Labute approximate surface area is 241 Å². The highest BCUT2D eigenvalue weighted by Gasteiger charge is 2.37. The zero-order valence-corrected chi connectivity index (χ0v) is 24.1. The maximum Gasteiger partial charge on any atom is 0.417 e. The second-order valence-electron chi connectivity index (χ2n) is 8.93. The van der Waals surface area contributed by atoms with E-state index < -0.39 is 56.9 Å². The summed E-state index contributed by atoms with van der Waals surface area (Å²) >= 11 is 5.78. The molecule has 3 rings (SSSR count). The molecule has 0 bridgehead atoms. The number of carbonyl (C=O) groups is 2. The van der Waals surface area contributed by atoms with Crippen molar-refractivity contribution >= 4 is 39.1 Å². The summed E-state index contributed by atoms with van der Waals surface area (Å²) in [6.45, 7) is 2.45. The van der Waals surface area contributed by atoms with E-state index in [0.29, 0.717) is 21.7 Å². The average molecular weight is 612 g/mol. The molecule has 0 saturated carbocycles. The van der Waals surface area contributed by atoms with E-state index in [1.807, 2.05) is 0 Å². The molecule has 2 amide bonds. The van der Waals surface area contributed by atoms with E-state index in [1.54, 1.807) is 37.3 Å². The first-order chi connectivity index (χ1) is 19.3. The van der Waals surface area contributed by atoms with Crippen molar-refractivity contribution in [2.45, 2.75) is 37.5 Å². The molecule has 0 aliphatic rings. The molecule has 0 saturated heterocycles. The van der Waals surface area contributed by atoms with Crippen molar-refractivity contribution in [3.63, 3.8) is 0 Å². The maximum atomic E-state index is 13.8. The number of carbonyl (C=O) groups excluding carboxylic acids is 2. The number of rotatable bonds is 11. The normalized spacial score (nSPS) is 12.4. The SMILES string of the molecule is CCNC(=O)C(C)N(Cc1cccc(OC)c1)C(=O)CN(c1ccc(Cl)c(C(F)(F)F)c1)S(=O)(=O)c1ccccc1. The molecule has 0 fully saturated rings. The first kappa shape index (κ1) is 31.8. The number of alkyl halides is 3. The van der Waals surface area contributed by atoms with Gasteiger partial charge < -0.3 is 15.0 Å². The lowest BCUT2D eigenvalue weighted by molar-refractivity contribution is -0.139. The fourth-order valence-corrected chi connectivity index (χ4v) is 5.66. The van der Waals surface area contributed by atoms with Crippen molar-refractivity contribution in [3.05, 3.63) is 88.9 Å². The molecule has 41 heavy (non-hydrogen) atoms. The van der Waals surface area contributed by atoms with Crippen LogP contribution in [0.1, 0.15) is 25.0 Å². The van der Waals surface area contributed by atoms with Crippen molar-refractivity contribution < 1.29 is 35.9 Å². The highest BCUT2D eigenvalue weighted by molar-refractivity contribution is 7.92. The number of halogens is 4. The van der Waals surface area contributed by atoms with Crippen molar-refractivity contribution in [2.24, 2.45) is 0 Å². The predicted molar refractivity (Wildman–Crippen MR) is 149 cm³/mol. The van der Waals surface area contributed by atoms with Crippen LogP contribution in [0.2, 0.25) is 5.02 Å². The van der Waals surface area contributed by atoms with Gasteiger partial charge in [-0.25, -0.2) is 8.42 Å². The molecule has 1 unspecified atom stereocenters. The molecule has 0 radical (unpaired) electrons. The number of likely N-dealkylation sites (N-methyl/N-ethyl adjacent to an activating group) is 1. The number of nitrogens with zero attached hydrogens (tertiary/aromatic N) is 2. The lowest BCUT2D eigenvalue weighted by atomic mass is 10.1. The van der Waals surface area contributed by atoms with Crippen LogP contribution in [0.5, 0.6) is 5.75 Å². The summed E-state index contributed by atoms with van der Waals surface area (Å²) in [7, 11) is -3.08. The lowest BCUT2D eigenvalue weighted by Gasteiger charge is -2.32. The summed E-state index contributed by atoms with van der Waals surface area (Å²) in [6, 6.07) is 15.2. The molecule has 0 heterocycles. The fourth-order valence-electron chi connectivity index (χ4n) is 4.01. The minimum Gasteiger partial charge on any atom is -0.497 e. The highest BCUT2D eigenvalue weighted by Crippen LogP contribution is 2.38. The quantitative estimate of drug-likeness (QED) is 0.325. The lowest BCUT2D eigenvalue weighted by Crippen LogP contribution is -2.51. The van der Waals surface area contributed by atoms with E-state index in [9.17, 15) is 31.2 Å². The van der Waals surface area contributed by atoms with Crippen LogP contribution in [-0.4, -0.2) is 51.4 Å². The topological polar surface area (TPSA) is 96.0 Å². The van der Waals surface area contributed by atoms with Crippen LogP contribution in [0, 0.1) is 0 Å². The minimum absolute atomic E-state index is 0.109. The second kappa shape index (κ2) is 13.3. The number of benzene rings is 3. The van der Waals surface area contributed by atoms with Crippen LogP contribution >= 0.6 is 11.6 Å². The summed E-state index contributed by atoms with van der Waals surface area (Å²) in [4.78, 5) is 27.5. The zero-order valence-electron chi connectivity index (χ0n) is 22.5. The van der Waals surface area contributed by atoms with Crippen molar-refractivity contribution in [1.29, 1.82) is 0 Å². The van der Waals surface area contributed by atoms with Gasteiger partial charge in [-0.15, -0.1) is 0 Å². The van der Waals surface area contributed by atoms with Gasteiger partial charge >= 0.3 is 6.18 Å². The summed E-state index contributed by atoms with van der Waals surface area (Å²) in [5.74, 6) is -0.823. The average Bonchev–Trinajstić information content (AvgIpc) is 2.94. The Bertz CT molecular complexity index is 1490. The van der Waals surface area contributed by atoms with Crippen LogP contribution in [0.4, 0.5) is 18.9 Å². The minimum atomic E-state index is -4.88. The molecule has 0 aliphatic carbocycles. The molecule has 13 heteroatoms. The van der Waals surface area contributed by atoms with Crippen LogP contribution in [0.25, 0.3) is 0 Å². The van der Waals surface area contributed by atoms with Gasteiger partial charge in [-0.3, -0.25) is 13.9 Å². The van der Waals surface area contributed by atoms with Gasteiger partial charge in [0.2, 0.25) is 11.8 Å². The van der Waals surface area contributed by atoms with Crippen LogP contribution in [0.3, 0.4) is 0 Å². The van der Waals surface area contributed by atoms with E-state index in [-0.39, 0.29) is 18.0 Å². The number of hydrogen-bond donors (Lipinski definition) is 1. The number of amides is 2. The number of methoxy groups -OCH3 is 1. The van der Waals surface area contributed by atoms with E-state index >= 15 is 0 Å². The third-order valence-corrected chi connectivity index (χ3v) is 8.28. The Morgan fingerprint density at radius 2 is 1.71 bits per heavy atom. The highest BCUT2D eigenvalue weighted by atomic mass is 35.5. The van der Waals surface area contributed by atoms with Gasteiger partial charge in [-0.1, -0.05) is 41.9 Å². The Balaban J connectivity index is 2.11. The fraction of sp³-hybridized carbons (Fsp3) is 0.286. The van der Waals surface area contributed by atoms with E-state index in [0.717, 1.165) is 17.0 Å². The Kier molecular flexibility index (Phi) is 10.3. The van der Waals surface area contributed by atoms with Gasteiger partial charge in [-0.05, 0) is 61.9 Å². The van der Waals surface area contributed by atoms with Gasteiger partial charge in [0.25, 0.3) is 10.0 Å². The molecule has 0 spiro atoms. The monoisotopic (exact) mass is 611 g/mol. The summed E-state index contributed by atoms with van der Waals surface area (Å²) in [5.41, 5.74) is -1.11. The summed E-state index contributed by atoms with van der Waals surface area (Å²) < 4.78 is 74.4. The predicted octanol–water partition coefficient (Wildman–Crippen LogP) is 5.12. The van der Waals surface area contributed by atoms with Gasteiger partial charge in [-0.2, -0.15) is 13.2 Å². The smallest absolute Gasteiger partial charge is 0.417 e. The Morgan fingerprint density at radius 1 is 1.02 bits per heavy atom. The van der Waals surface area contributed by atoms with Crippen molar-refractivity contribution in [1.82, 2.24) is 10.2 Å². The van der Waals surface area contributed by atoms with Gasteiger partial charge in [0.15, 0.2) is 0 Å². The van der Waals surface area contributed by atoms with Crippen LogP contribution in [0.15, 0.2) is 77.7 Å². The van der Waals surface area contributed by atoms with Gasteiger partial charge in [0.1, 0.15) is 18.3 Å². The Hall–Kier alpha value is -3.77. The molecular formula is C28H29ClF3N3O5S. The maximum absolute atomic E-state index is 13.8. The van der Waals surface area contributed by atoms with E-state index in [2.05, 4.69) is 5.32 Å². The molecule has 0 aromatic heterocycles. The molecule has 8 nitrogen and oxygen atoms in total. The van der Waals surface area contributed by atoms with Crippen LogP contribution in [-0.2, 0) is 32.3 Å². The molecular weight excluding hydrogens is 583 g/mol. The standard InChI is InChI=1S/C28H29ClF3N3O5S/c1-4-33-27(37)19(2)34(17-20-9-8-10-22(15-20)40-3)26(36)18-35(41(38,39)23-11-6-5-7-12-23)21-13-14-25(29)24(16-21)28(30,31)32/h5-16,19H,4,17-18H2,1-3H3,(H,33,37). The second-order valence-corrected chi connectivity index (χ2v) is 11.2. The first-order valence-corrected chi connectivity index (χ1v) is 14.3. The Morgan fingerprint density at radius 3 is 2.32 bits per heavy atom. The molecule has 3 aromatic carbocycles. The summed E-state index contributed by atoms with van der Waals surface area (Å²) in [6.07, 6.45) is -4.88. The number of hydrogen-bond acceptors (Lipinski definition) is 5. The summed E-state index contributed by atoms with van der Waals surface area (Å²) in [5, 5.41) is 2.00. The molecule has 0 aliphatic heterocycles. The third kappa shape index (κ3) is 7.70. The molecule has 220 valence electrons. The number of sulfonamides is 1. The molecule has 1 N–H and O–H groups in total. The van der Waals surface area contributed by atoms with Gasteiger partial charge in [0.05, 0.1) is 28.3 Å². The molecule has 3 aromatic rings.